The largest absolute Gasteiger partial charge is 0.481 e. The van der Waals surface area contributed by atoms with Gasteiger partial charge in [0.1, 0.15) is 5.52 Å². The van der Waals surface area contributed by atoms with E-state index in [1.807, 2.05) is 18.2 Å². The van der Waals surface area contributed by atoms with E-state index in [0.29, 0.717) is 13.0 Å². The molecule has 1 aliphatic heterocycles. The van der Waals surface area contributed by atoms with Crippen LogP contribution in [0.25, 0.3) is 10.2 Å². The summed E-state index contributed by atoms with van der Waals surface area (Å²) in [5.74, 6) is -1.01. The standard InChI is InChI=1S/C11H11N3O2S/c15-11(16)7-4-8(12-5-7)6-1-2-10-9(3-6)13-14-17-10/h1-3,7-8,12H,4-5H2,(H,15,16). The molecule has 2 aromatic rings. The van der Waals surface area contributed by atoms with Gasteiger partial charge in [0.25, 0.3) is 0 Å². The van der Waals surface area contributed by atoms with Gasteiger partial charge in [-0.2, -0.15) is 0 Å². The second-order valence-electron chi connectivity index (χ2n) is 4.23. The van der Waals surface area contributed by atoms with Crippen LogP contribution >= 0.6 is 11.5 Å². The van der Waals surface area contributed by atoms with Crippen molar-refractivity contribution in [2.75, 3.05) is 6.54 Å². The zero-order valence-electron chi connectivity index (χ0n) is 8.96. The van der Waals surface area contributed by atoms with Crippen LogP contribution in [0.15, 0.2) is 18.2 Å². The van der Waals surface area contributed by atoms with Crippen molar-refractivity contribution in [1.82, 2.24) is 14.9 Å². The first-order chi connectivity index (χ1) is 8.24. The van der Waals surface area contributed by atoms with Crippen molar-refractivity contribution in [2.24, 2.45) is 5.92 Å². The Labute approximate surface area is 102 Å². The van der Waals surface area contributed by atoms with E-state index < -0.39 is 5.97 Å². The van der Waals surface area contributed by atoms with Gasteiger partial charge in [0.05, 0.1) is 10.6 Å². The fourth-order valence-corrected chi connectivity index (χ4v) is 2.73. The molecule has 0 saturated carbocycles. The van der Waals surface area contributed by atoms with E-state index in [1.54, 1.807) is 0 Å². The first-order valence-electron chi connectivity index (χ1n) is 5.42. The molecule has 88 valence electrons. The highest BCUT2D eigenvalue weighted by molar-refractivity contribution is 7.12. The van der Waals surface area contributed by atoms with E-state index >= 15 is 0 Å². The molecule has 0 radical (unpaired) electrons. The normalized spacial score (nSPS) is 24.2. The molecule has 2 unspecified atom stereocenters. The van der Waals surface area contributed by atoms with Crippen molar-refractivity contribution in [3.8, 4) is 0 Å². The molecule has 2 heterocycles. The van der Waals surface area contributed by atoms with Crippen LogP contribution in [0.4, 0.5) is 0 Å². The molecule has 17 heavy (non-hydrogen) atoms. The molecule has 1 saturated heterocycles. The van der Waals surface area contributed by atoms with Gasteiger partial charge in [0, 0.05) is 12.6 Å². The van der Waals surface area contributed by atoms with Crippen molar-refractivity contribution in [3.63, 3.8) is 0 Å². The summed E-state index contributed by atoms with van der Waals surface area (Å²) in [5, 5.41) is 16.2. The number of hydrogen-bond acceptors (Lipinski definition) is 5. The predicted molar refractivity (Wildman–Crippen MR) is 63.9 cm³/mol. The Balaban J connectivity index is 1.87. The molecule has 0 amide bonds. The number of carboxylic acid groups (broad SMARTS) is 1. The number of nitrogens with zero attached hydrogens (tertiary/aromatic N) is 2. The first-order valence-corrected chi connectivity index (χ1v) is 6.19. The van der Waals surface area contributed by atoms with E-state index in [9.17, 15) is 4.79 Å². The first kappa shape index (κ1) is 10.6. The van der Waals surface area contributed by atoms with Crippen molar-refractivity contribution in [2.45, 2.75) is 12.5 Å². The summed E-state index contributed by atoms with van der Waals surface area (Å²) in [6.45, 7) is 0.535. The minimum absolute atomic E-state index is 0.113. The van der Waals surface area contributed by atoms with Crippen LogP contribution in [0.3, 0.4) is 0 Å². The molecule has 2 N–H and O–H groups in total. The third kappa shape index (κ3) is 1.89. The molecule has 3 rings (SSSR count). The molecule has 0 aliphatic carbocycles. The molecule has 0 bridgehead atoms. The fourth-order valence-electron chi connectivity index (χ4n) is 2.19. The Morgan fingerprint density at radius 1 is 1.53 bits per heavy atom. The third-order valence-electron chi connectivity index (χ3n) is 3.15. The summed E-state index contributed by atoms with van der Waals surface area (Å²) in [6, 6.07) is 6.11. The molecule has 0 spiro atoms. The monoisotopic (exact) mass is 249 g/mol. The average Bonchev–Trinajstić information content (AvgIpc) is 2.97. The van der Waals surface area contributed by atoms with Crippen molar-refractivity contribution in [1.29, 1.82) is 0 Å². The predicted octanol–water partition coefficient (Wildman–Crippen LogP) is 1.43. The van der Waals surface area contributed by atoms with Gasteiger partial charge in [-0.3, -0.25) is 4.79 Å². The number of carbonyl (C=O) groups is 1. The number of fused-ring (bicyclic) bond motifs is 1. The molecule has 6 heteroatoms. The lowest BCUT2D eigenvalue weighted by molar-refractivity contribution is -0.141. The van der Waals surface area contributed by atoms with Crippen LogP contribution in [0.2, 0.25) is 0 Å². The summed E-state index contributed by atoms with van der Waals surface area (Å²) in [7, 11) is 0. The number of benzene rings is 1. The average molecular weight is 249 g/mol. The van der Waals surface area contributed by atoms with E-state index in [4.69, 9.17) is 5.11 Å². The van der Waals surface area contributed by atoms with Crippen LogP contribution in [-0.2, 0) is 4.79 Å². The van der Waals surface area contributed by atoms with E-state index in [2.05, 4.69) is 14.9 Å². The molecule has 5 nitrogen and oxygen atoms in total. The van der Waals surface area contributed by atoms with E-state index in [1.165, 1.54) is 11.5 Å². The Kier molecular flexibility index (Phi) is 2.53. The number of carboxylic acids is 1. The quantitative estimate of drug-likeness (QED) is 0.842. The van der Waals surface area contributed by atoms with Gasteiger partial charge in [-0.25, -0.2) is 0 Å². The zero-order valence-corrected chi connectivity index (χ0v) is 9.78. The van der Waals surface area contributed by atoms with Gasteiger partial charge < -0.3 is 10.4 Å². The highest BCUT2D eigenvalue weighted by atomic mass is 32.1. The third-order valence-corrected chi connectivity index (χ3v) is 3.86. The maximum Gasteiger partial charge on any atom is 0.307 e. The molecule has 1 fully saturated rings. The van der Waals surface area contributed by atoms with E-state index in [0.717, 1.165) is 15.8 Å². The maximum absolute atomic E-state index is 10.9. The number of rotatable bonds is 2. The SMILES string of the molecule is O=C(O)C1CNC(c2ccc3snnc3c2)C1. The minimum Gasteiger partial charge on any atom is -0.481 e. The lowest BCUT2D eigenvalue weighted by Gasteiger charge is -2.09. The van der Waals surface area contributed by atoms with Crippen LogP contribution < -0.4 is 5.32 Å². The lowest BCUT2D eigenvalue weighted by Crippen LogP contribution is -2.17. The van der Waals surface area contributed by atoms with Crippen molar-refractivity contribution >= 4 is 27.7 Å². The van der Waals surface area contributed by atoms with Gasteiger partial charge in [0.2, 0.25) is 0 Å². The highest BCUT2D eigenvalue weighted by Crippen LogP contribution is 2.29. The molecular formula is C11H11N3O2S. The summed E-state index contributed by atoms with van der Waals surface area (Å²) < 4.78 is 4.95. The Morgan fingerprint density at radius 2 is 2.41 bits per heavy atom. The second kappa shape index (κ2) is 4.05. The molecule has 1 aromatic carbocycles. The van der Waals surface area contributed by atoms with Crippen LogP contribution in [0, 0.1) is 5.92 Å². The summed E-state index contributed by atoms with van der Waals surface area (Å²) in [6.07, 6.45) is 0.637. The van der Waals surface area contributed by atoms with Gasteiger partial charge in [0.15, 0.2) is 0 Å². The van der Waals surface area contributed by atoms with Gasteiger partial charge in [-0.15, -0.1) is 5.10 Å². The lowest BCUT2D eigenvalue weighted by atomic mass is 10.00. The summed E-state index contributed by atoms with van der Waals surface area (Å²) in [5.41, 5.74) is 1.97. The Bertz CT molecular complexity index is 569. The number of nitrogens with one attached hydrogen (secondary N) is 1. The molecule has 1 aromatic heterocycles. The van der Waals surface area contributed by atoms with Crippen molar-refractivity contribution in [3.05, 3.63) is 23.8 Å². The molecular weight excluding hydrogens is 238 g/mol. The van der Waals surface area contributed by atoms with Crippen LogP contribution in [0.5, 0.6) is 0 Å². The maximum atomic E-state index is 10.9. The summed E-state index contributed by atoms with van der Waals surface area (Å²) >= 11 is 1.37. The van der Waals surface area contributed by atoms with Gasteiger partial charge in [-0.1, -0.05) is 10.6 Å². The molecule has 2 atom stereocenters. The van der Waals surface area contributed by atoms with Crippen molar-refractivity contribution < 1.29 is 9.90 Å². The number of aliphatic carboxylic acids is 1. The van der Waals surface area contributed by atoms with Gasteiger partial charge in [-0.05, 0) is 35.6 Å². The second-order valence-corrected chi connectivity index (χ2v) is 5.02. The fraction of sp³-hybridized carbons (Fsp3) is 0.364. The van der Waals surface area contributed by atoms with Crippen LogP contribution in [0.1, 0.15) is 18.0 Å². The zero-order chi connectivity index (χ0) is 11.8. The Hall–Kier alpha value is -1.53. The smallest absolute Gasteiger partial charge is 0.307 e. The molecule has 1 aliphatic rings. The van der Waals surface area contributed by atoms with E-state index in [-0.39, 0.29) is 12.0 Å². The number of aromatic nitrogens is 2. The van der Waals surface area contributed by atoms with Crippen LogP contribution in [-0.4, -0.2) is 27.2 Å². The topological polar surface area (TPSA) is 75.1 Å². The Morgan fingerprint density at radius 3 is 3.18 bits per heavy atom. The highest BCUT2D eigenvalue weighted by Gasteiger charge is 2.30. The summed E-state index contributed by atoms with van der Waals surface area (Å²) in [4.78, 5) is 10.9. The number of hydrogen-bond donors (Lipinski definition) is 2. The van der Waals surface area contributed by atoms with Gasteiger partial charge >= 0.3 is 5.97 Å². The minimum atomic E-state index is -0.726.